The van der Waals surface area contributed by atoms with Crippen molar-refractivity contribution in [2.75, 3.05) is 13.1 Å². The molecule has 25 heavy (non-hydrogen) atoms. The number of carbonyl (C=O) groups excluding carboxylic acids is 2. The van der Waals surface area contributed by atoms with Gasteiger partial charge < -0.3 is 15.1 Å². The van der Waals surface area contributed by atoms with Crippen molar-refractivity contribution in [3.8, 4) is 0 Å². The number of benzene rings is 1. The van der Waals surface area contributed by atoms with Crippen molar-refractivity contribution in [3.63, 3.8) is 0 Å². The van der Waals surface area contributed by atoms with E-state index in [1.807, 2.05) is 36.1 Å². The Morgan fingerprint density at radius 1 is 1.20 bits per heavy atom. The number of nitrogens with zero attached hydrogens (tertiary/aromatic N) is 2. The predicted molar refractivity (Wildman–Crippen MR) is 95.3 cm³/mol. The summed E-state index contributed by atoms with van der Waals surface area (Å²) in [4.78, 5) is 31.9. The summed E-state index contributed by atoms with van der Waals surface area (Å²) in [6.07, 6.45) is 3.87. The van der Waals surface area contributed by atoms with Crippen molar-refractivity contribution in [3.05, 3.63) is 35.4 Å². The summed E-state index contributed by atoms with van der Waals surface area (Å²) < 4.78 is 0. The second-order valence-corrected chi connectivity index (χ2v) is 7.06. The normalized spacial score (nSPS) is 23.0. The third-order valence-electron chi connectivity index (χ3n) is 4.77. The highest BCUT2D eigenvalue weighted by atomic mass is 16.7. The lowest BCUT2D eigenvalue weighted by molar-refractivity contribution is -0.141. The molecule has 2 amide bonds. The minimum Gasteiger partial charge on any atom is -0.379 e. The van der Waals surface area contributed by atoms with Gasteiger partial charge >= 0.3 is 0 Å². The molecule has 1 atom stereocenters. The Bertz CT molecular complexity index is 678. The second kappa shape index (κ2) is 7.25. The van der Waals surface area contributed by atoms with E-state index in [4.69, 9.17) is 4.84 Å². The van der Waals surface area contributed by atoms with E-state index in [1.54, 1.807) is 6.92 Å². The molecular formula is C19H25N3O3. The first kappa shape index (κ1) is 17.5. The Kier molecular flexibility index (Phi) is 5.06. The van der Waals surface area contributed by atoms with Crippen LogP contribution in [-0.2, 0) is 16.2 Å². The van der Waals surface area contributed by atoms with E-state index in [9.17, 15) is 9.59 Å². The van der Waals surface area contributed by atoms with E-state index < -0.39 is 5.60 Å². The van der Waals surface area contributed by atoms with Crippen molar-refractivity contribution < 1.29 is 14.4 Å². The second-order valence-electron chi connectivity index (χ2n) is 7.06. The van der Waals surface area contributed by atoms with Crippen LogP contribution in [0.15, 0.2) is 29.4 Å². The molecular weight excluding hydrogens is 318 g/mol. The van der Waals surface area contributed by atoms with Crippen molar-refractivity contribution in [2.24, 2.45) is 5.16 Å². The van der Waals surface area contributed by atoms with Gasteiger partial charge in [-0.2, -0.15) is 0 Å². The molecule has 1 aromatic carbocycles. The van der Waals surface area contributed by atoms with Crippen LogP contribution in [0, 0.1) is 0 Å². The van der Waals surface area contributed by atoms with Crippen LogP contribution in [0.1, 0.15) is 55.5 Å². The summed E-state index contributed by atoms with van der Waals surface area (Å²) >= 11 is 0. The Morgan fingerprint density at radius 3 is 2.48 bits per heavy atom. The van der Waals surface area contributed by atoms with Crippen LogP contribution in [0.5, 0.6) is 0 Å². The van der Waals surface area contributed by atoms with Crippen LogP contribution in [0.2, 0.25) is 0 Å². The standard InChI is InChI=1S/C19H25N3O3/c1-14-12-19(2,25-21-14)18(24)20-13-15-6-8-16(9-7-15)17(23)22-10-4-3-5-11-22/h6-9H,3-5,10-13H2,1-2H3,(H,20,24)/t19-/m0/s1. The first-order valence-electron chi connectivity index (χ1n) is 8.86. The van der Waals surface area contributed by atoms with Crippen LogP contribution in [-0.4, -0.2) is 41.1 Å². The fourth-order valence-electron chi connectivity index (χ4n) is 3.27. The molecule has 0 spiro atoms. The van der Waals surface area contributed by atoms with Crippen LogP contribution in [0.3, 0.4) is 0 Å². The Hall–Kier alpha value is -2.37. The molecule has 0 aromatic heterocycles. The van der Waals surface area contributed by atoms with Gasteiger partial charge in [-0.05, 0) is 50.8 Å². The van der Waals surface area contributed by atoms with Crippen molar-refractivity contribution in [2.45, 2.75) is 51.7 Å². The van der Waals surface area contributed by atoms with Gasteiger partial charge in [0.2, 0.25) is 5.60 Å². The number of amides is 2. The molecule has 2 aliphatic heterocycles. The highest BCUT2D eigenvalue weighted by molar-refractivity contribution is 5.95. The number of oxime groups is 1. The number of nitrogens with one attached hydrogen (secondary N) is 1. The van der Waals surface area contributed by atoms with Gasteiger partial charge in [-0.25, -0.2) is 0 Å². The number of hydrogen-bond donors (Lipinski definition) is 1. The lowest BCUT2D eigenvalue weighted by Gasteiger charge is -2.26. The molecule has 0 bridgehead atoms. The van der Waals surface area contributed by atoms with Gasteiger partial charge in [0.15, 0.2) is 0 Å². The first-order valence-corrected chi connectivity index (χ1v) is 8.86. The average molecular weight is 343 g/mol. The molecule has 134 valence electrons. The maximum absolute atomic E-state index is 12.5. The first-order chi connectivity index (χ1) is 12.0. The van der Waals surface area contributed by atoms with Gasteiger partial charge in [0, 0.05) is 31.6 Å². The molecule has 1 aromatic rings. The lowest BCUT2D eigenvalue weighted by atomic mass is 9.99. The minimum atomic E-state index is -0.922. The van der Waals surface area contributed by atoms with Crippen LogP contribution in [0.25, 0.3) is 0 Å². The van der Waals surface area contributed by atoms with Crippen LogP contribution in [0.4, 0.5) is 0 Å². The molecule has 0 unspecified atom stereocenters. The van der Waals surface area contributed by atoms with Gasteiger partial charge in [0.25, 0.3) is 11.8 Å². The molecule has 1 fully saturated rings. The van der Waals surface area contributed by atoms with E-state index in [-0.39, 0.29) is 11.8 Å². The summed E-state index contributed by atoms with van der Waals surface area (Å²) in [6, 6.07) is 7.44. The summed E-state index contributed by atoms with van der Waals surface area (Å²) in [5.41, 5.74) is 1.54. The lowest BCUT2D eigenvalue weighted by Crippen LogP contribution is -2.44. The summed E-state index contributed by atoms with van der Waals surface area (Å²) in [5.74, 6) is -0.0867. The summed E-state index contributed by atoms with van der Waals surface area (Å²) in [5, 5.41) is 6.74. The van der Waals surface area contributed by atoms with Gasteiger partial charge in [-0.15, -0.1) is 0 Å². The topological polar surface area (TPSA) is 71.0 Å². The minimum absolute atomic E-state index is 0.0924. The fourth-order valence-corrected chi connectivity index (χ4v) is 3.27. The zero-order chi connectivity index (χ0) is 17.9. The summed E-state index contributed by atoms with van der Waals surface area (Å²) in [7, 11) is 0. The molecule has 6 nitrogen and oxygen atoms in total. The molecule has 0 saturated carbocycles. The van der Waals surface area contributed by atoms with Crippen molar-refractivity contribution in [1.29, 1.82) is 0 Å². The van der Waals surface area contributed by atoms with Gasteiger partial charge in [-0.3, -0.25) is 9.59 Å². The zero-order valence-corrected chi connectivity index (χ0v) is 14.9. The molecule has 2 heterocycles. The number of rotatable bonds is 4. The molecule has 1 N–H and O–H groups in total. The Balaban J connectivity index is 1.54. The van der Waals surface area contributed by atoms with Gasteiger partial charge in [-0.1, -0.05) is 17.3 Å². The highest BCUT2D eigenvalue weighted by Gasteiger charge is 2.40. The maximum atomic E-state index is 12.5. The quantitative estimate of drug-likeness (QED) is 0.913. The third kappa shape index (κ3) is 4.00. The Morgan fingerprint density at radius 2 is 1.88 bits per heavy atom. The predicted octanol–water partition coefficient (Wildman–Crippen LogP) is 2.48. The van der Waals surface area contributed by atoms with E-state index in [2.05, 4.69) is 10.5 Å². The summed E-state index contributed by atoms with van der Waals surface area (Å²) in [6.45, 7) is 5.67. The number of hydrogen-bond acceptors (Lipinski definition) is 4. The van der Waals surface area contributed by atoms with E-state index in [1.165, 1.54) is 6.42 Å². The molecule has 1 saturated heterocycles. The van der Waals surface area contributed by atoms with Gasteiger partial charge in [0.05, 0.1) is 5.71 Å². The fraction of sp³-hybridized carbons (Fsp3) is 0.526. The highest BCUT2D eigenvalue weighted by Crippen LogP contribution is 2.23. The van der Waals surface area contributed by atoms with Crippen LogP contribution >= 0.6 is 0 Å². The number of likely N-dealkylation sites (tertiary alicyclic amines) is 1. The van der Waals surface area contributed by atoms with Crippen molar-refractivity contribution in [1.82, 2.24) is 10.2 Å². The van der Waals surface area contributed by atoms with Crippen molar-refractivity contribution >= 4 is 17.5 Å². The SMILES string of the molecule is CC1=NO[C@](C)(C(=O)NCc2ccc(C(=O)N3CCCCC3)cc2)C1. The molecule has 2 aliphatic rings. The third-order valence-corrected chi connectivity index (χ3v) is 4.77. The smallest absolute Gasteiger partial charge is 0.267 e. The molecule has 3 rings (SSSR count). The number of piperidine rings is 1. The van der Waals surface area contributed by atoms with E-state index in [0.29, 0.717) is 18.5 Å². The monoisotopic (exact) mass is 343 g/mol. The molecule has 6 heteroatoms. The zero-order valence-electron chi connectivity index (χ0n) is 14.9. The number of carbonyl (C=O) groups is 2. The molecule has 0 radical (unpaired) electrons. The average Bonchev–Trinajstić information content (AvgIpc) is 3.00. The van der Waals surface area contributed by atoms with Gasteiger partial charge in [0.1, 0.15) is 0 Å². The van der Waals surface area contributed by atoms with Crippen LogP contribution < -0.4 is 5.32 Å². The van der Waals surface area contributed by atoms with E-state index >= 15 is 0 Å². The maximum Gasteiger partial charge on any atom is 0.267 e. The largest absolute Gasteiger partial charge is 0.379 e. The Labute approximate surface area is 148 Å². The van der Waals surface area contributed by atoms with E-state index in [0.717, 1.165) is 37.2 Å². The molecule has 0 aliphatic carbocycles.